The Labute approximate surface area is 171 Å². The van der Waals surface area contributed by atoms with Crippen LogP contribution in [-0.2, 0) is 24.3 Å². The molecule has 0 unspecified atom stereocenters. The van der Waals surface area contributed by atoms with Gasteiger partial charge in [-0.05, 0) is 23.4 Å². The van der Waals surface area contributed by atoms with E-state index in [1.807, 2.05) is 41.0 Å². The Hall–Kier alpha value is -2.65. The molecule has 0 aliphatic rings. The van der Waals surface area contributed by atoms with Crippen LogP contribution < -0.4 is 10.6 Å². The van der Waals surface area contributed by atoms with E-state index < -0.39 is 6.03 Å². The first-order valence-electron chi connectivity index (χ1n) is 8.85. The number of carbonyl (C=O) groups is 2. The minimum Gasteiger partial charge on any atom is -0.334 e. The number of carbonyl (C=O) groups excluding carboxylic acids is 2. The second-order valence-electron chi connectivity index (χ2n) is 5.95. The van der Waals surface area contributed by atoms with Gasteiger partial charge in [-0.1, -0.05) is 48.2 Å². The molecule has 2 heterocycles. The van der Waals surface area contributed by atoms with Gasteiger partial charge in [-0.15, -0.1) is 21.5 Å². The second kappa shape index (κ2) is 10.6. The van der Waals surface area contributed by atoms with Crippen molar-refractivity contribution in [3.63, 3.8) is 0 Å². The number of thiophene rings is 1. The first-order valence-corrected chi connectivity index (χ1v) is 10.7. The van der Waals surface area contributed by atoms with Gasteiger partial charge in [0, 0.05) is 30.1 Å². The molecule has 0 aliphatic carbocycles. The maximum atomic E-state index is 11.9. The predicted molar refractivity (Wildman–Crippen MR) is 110 cm³/mol. The summed E-state index contributed by atoms with van der Waals surface area (Å²) in [5.74, 6) is 0.206. The first kappa shape index (κ1) is 20.1. The van der Waals surface area contributed by atoms with Gasteiger partial charge in [-0.3, -0.25) is 10.1 Å². The Morgan fingerprint density at radius 2 is 2.00 bits per heavy atom. The van der Waals surface area contributed by atoms with Gasteiger partial charge in [0.1, 0.15) is 6.33 Å². The lowest BCUT2D eigenvalue weighted by molar-refractivity contribution is -0.119. The number of aromatic nitrogens is 3. The van der Waals surface area contributed by atoms with Crippen LogP contribution in [0.4, 0.5) is 4.79 Å². The molecule has 9 heteroatoms. The van der Waals surface area contributed by atoms with Gasteiger partial charge in [-0.25, -0.2) is 4.79 Å². The molecule has 146 valence electrons. The zero-order valence-corrected chi connectivity index (χ0v) is 16.8. The molecule has 0 fully saturated rings. The fourth-order valence-electron chi connectivity index (χ4n) is 2.44. The van der Waals surface area contributed by atoms with E-state index in [-0.39, 0.29) is 12.3 Å². The summed E-state index contributed by atoms with van der Waals surface area (Å²) in [5, 5.41) is 15.9. The highest BCUT2D eigenvalue weighted by molar-refractivity contribution is 7.99. The van der Waals surface area contributed by atoms with E-state index in [0.29, 0.717) is 12.3 Å². The van der Waals surface area contributed by atoms with Gasteiger partial charge in [-0.2, -0.15) is 0 Å². The van der Waals surface area contributed by atoms with Crippen molar-refractivity contribution in [3.8, 4) is 0 Å². The number of amides is 3. The third-order valence-electron chi connectivity index (χ3n) is 3.87. The van der Waals surface area contributed by atoms with E-state index >= 15 is 0 Å². The molecular formula is C19H21N5O2S2. The largest absolute Gasteiger partial charge is 0.334 e. The smallest absolute Gasteiger partial charge is 0.321 e. The summed E-state index contributed by atoms with van der Waals surface area (Å²) in [5.41, 5.74) is 0.975. The van der Waals surface area contributed by atoms with Crippen molar-refractivity contribution in [2.45, 2.75) is 31.1 Å². The van der Waals surface area contributed by atoms with E-state index in [2.05, 4.69) is 32.3 Å². The highest BCUT2D eigenvalue weighted by atomic mass is 32.2. The maximum absolute atomic E-state index is 11.9. The molecular weight excluding hydrogens is 394 g/mol. The molecule has 0 bridgehead atoms. The summed E-state index contributed by atoms with van der Waals surface area (Å²) in [6.45, 7) is 1.17. The van der Waals surface area contributed by atoms with E-state index in [9.17, 15) is 9.59 Å². The molecule has 3 aromatic rings. The third kappa shape index (κ3) is 6.50. The number of hydrogen-bond donors (Lipinski definition) is 2. The lowest BCUT2D eigenvalue weighted by Gasteiger charge is -2.07. The number of imide groups is 1. The highest BCUT2D eigenvalue weighted by Gasteiger charge is 2.10. The van der Waals surface area contributed by atoms with Crippen molar-refractivity contribution in [3.05, 3.63) is 64.6 Å². The van der Waals surface area contributed by atoms with Crippen LogP contribution in [0, 0.1) is 0 Å². The van der Waals surface area contributed by atoms with Gasteiger partial charge in [0.05, 0.1) is 0 Å². The highest BCUT2D eigenvalue weighted by Crippen LogP contribution is 2.17. The Balaban J connectivity index is 1.35. The fourth-order valence-corrected chi connectivity index (χ4v) is 4.02. The van der Waals surface area contributed by atoms with E-state index in [0.717, 1.165) is 23.7 Å². The molecule has 0 saturated heterocycles. The minimum absolute atomic E-state index is 0.223. The molecule has 1 aromatic carbocycles. The van der Waals surface area contributed by atoms with Crippen LogP contribution in [0.2, 0.25) is 0 Å². The summed E-state index contributed by atoms with van der Waals surface area (Å²) in [7, 11) is 0. The molecule has 2 aromatic heterocycles. The summed E-state index contributed by atoms with van der Waals surface area (Å²) in [6.07, 6.45) is 2.85. The normalized spacial score (nSPS) is 10.6. The van der Waals surface area contributed by atoms with Crippen molar-refractivity contribution >= 4 is 35.0 Å². The second-order valence-corrected chi connectivity index (χ2v) is 8.05. The SMILES string of the molecule is O=C(CCSc1nncn1CCc1cccs1)NC(=O)NCc1ccccc1. The average Bonchev–Trinajstić information content (AvgIpc) is 3.37. The van der Waals surface area contributed by atoms with Crippen molar-refractivity contribution < 1.29 is 9.59 Å². The monoisotopic (exact) mass is 415 g/mol. The number of thioether (sulfide) groups is 1. The molecule has 3 amide bonds. The Kier molecular flexibility index (Phi) is 7.62. The summed E-state index contributed by atoms with van der Waals surface area (Å²) in [6, 6.07) is 13.2. The molecule has 0 saturated carbocycles. The molecule has 0 spiro atoms. The lowest BCUT2D eigenvalue weighted by atomic mass is 10.2. The van der Waals surface area contributed by atoms with Crippen molar-refractivity contribution in [2.24, 2.45) is 0 Å². The number of rotatable bonds is 9. The van der Waals surface area contributed by atoms with Gasteiger partial charge in [0.25, 0.3) is 0 Å². The zero-order valence-electron chi connectivity index (χ0n) is 15.2. The van der Waals surface area contributed by atoms with Crippen LogP contribution >= 0.6 is 23.1 Å². The van der Waals surface area contributed by atoms with E-state index in [4.69, 9.17) is 0 Å². The van der Waals surface area contributed by atoms with E-state index in [1.165, 1.54) is 16.6 Å². The molecule has 28 heavy (non-hydrogen) atoms. The van der Waals surface area contributed by atoms with Gasteiger partial charge in [0.15, 0.2) is 5.16 Å². The number of aryl methyl sites for hydroxylation is 2. The average molecular weight is 416 g/mol. The van der Waals surface area contributed by atoms with Gasteiger partial charge >= 0.3 is 6.03 Å². The van der Waals surface area contributed by atoms with Gasteiger partial charge in [0.2, 0.25) is 5.91 Å². The van der Waals surface area contributed by atoms with Crippen LogP contribution in [0.5, 0.6) is 0 Å². The summed E-state index contributed by atoms with van der Waals surface area (Å²) < 4.78 is 1.98. The molecule has 0 aliphatic heterocycles. The van der Waals surface area contributed by atoms with Crippen LogP contribution in [0.25, 0.3) is 0 Å². The number of nitrogens with zero attached hydrogens (tertiary/aromatic N) is 3. The van der Waals surface area contributed by atoms with Crippen molar-refractivity contribution in [1.29, 1.82) is 0 Å². The Bertz CT molecular complexity index is 881. The van der Waals surface area contributed by atoms with E-state index in [1.54, 1.807) is 17.7 Å². The zero-order chi connectivity index (χ0) is 19.6. The maximum Gasteiger partial charge on any atom is 0.321 e. The lowest BCUT2D eigenvalue weighted by Crippen LogP contribution is -2.39. The Morgan fingerprint density at radius 1 is 1.14 bits per heavy atom. The number of urea groups is 1. The van der Waals surface area contributed by atoms with Crippen LogP contribution in [0.3, 0.4) is 0 Å². The minimum atomic E-state index is -0.488. The van der Waals surface area contributed by atoms with Crippen molar-refractivity contribution in [1.82, 2.24) is 25.4 Å². The molecule has 7 nitrogen and oxygen atoms in total. The first-order chi connectivity index (χ1) is 13.7. The predicted octanol–water partition coefficient (Wildman–Crippen LogP) is 3.09. The molecule has 2 N–H and O–H groups in total. The standard InChI is InChI=1S/C19H21N5O2S2/c25-17(22-18(26)20-13-15-5-2-1-3-6-15)9-12-28-19-23-21-14-24(19)10-8-16-7-4-11-27-16/h1-7,11,14H,8-10,12-13H2,(H2,20,22,25,26). The summed E-state index contributed by atoms with van der Waals surface area (Å²) in [4.78, 5) is 25.0. The van der Waals surface area contributed by atoms with Crippen molar-refractivity contribution in [2.75, 3.05) is 5.75 Å². The quantitative estimate of drug-likeness (QED) is 0.524. The number of hydrogen-bond acceptors (Lipinski definition) is 6. The summed E-state index contributed by atoms with van der Waals surface area (Å²) >= 11 is 3.19. The molecule has 0 radical (unpaired) electrons. The topological polar surface area (TPSA) is 88.9 Å². The molecule has 3 rings (SSSR count). The molecule has 0 atom stereocenters. The Morgan fingerprint density at radius 3 is 2.79 bits per heavy atom. The third-order valence-corrected chi connectivity index (χ3v) is 5.79. The van der Waals surface area contributed by atoms with Crippen LogP contribution in [0.15, 0.2) is 59.3 Å². The van der Waals surface area contributed by atoms with Crippen LogP contribution in [0.1, 0.15) is 16.9 Å². The number of benzene rings is 1. The van der Waals surface area contributed by atoms with Crippen LogP contribution in [-0.4, -0.2) is 32.5 Å². The fraction of sp³-hybridized carbons (Fsp3) is 0.263. The van der Waals surface area contributed by atoms with Gasteiger partial charge < -0.3 is 9.88 Å². The number of nitrogens with one attached hydrogen (secondary N) is 2.